The highest BCUT2D eigenvalue weighted by molar-refractivity contribution is 6.04. The van der Waals surface area contributed by atoms with Gasteiger partial charge in [0.15, 0.2) is 17.1 Å². The van der Waals surface area contributed by atoms with Crippen LogP contribution in [0.2, 0.25) is 0 Å². The first-order chi connectivity index (χ1) is 13.2. The number of aromatic nitrogens is 4. The number of carbonyl (C=O) groups is 1. The van der Waals surface area contributed by atoms with Crippen molar-refractivity contribution >= 4 is 39.4 Å². The summed E-state index contributed by atoms with van der Waals surface area (Å²) in [5, 5.41) is 15.2. The molecule has 0 spiro atoms. The Balaban J connectivity index is 1.44. The minimum Gasteiger partial charge on any atom is -0.355 e. The molecule has 1 aliphatic rings. The number of benzene rings is 1. The summed E-state index contributed by atoms with van der Waals surface area (Å²) in [6, 6.07) is 9.31. The number of fused-ring (bicyclic) bond motifs is 2. The van der Waals surface area contributed by atoms with Gasteiger partial charge in [0.2, 0.25) is 0 Å². The van der Waals surface area contributed by atoms with Crippen molar-refractivity contribution in [3.05, 3.63) is 42.2 Å². The molecule has 1 aliphatic heterocycles. The monoisotopic (exact) mass is 362 g/mol. The smallest absolute Gasteiger partial charge is 0.276 e. The number of rotatable bonds is 3. The number of aromatic amines is 1. The Labute approximate surface area is 154 Å². The van der Waals surface area contributed by atoms with E-state index in [1.165, 1.54) is 0 Å². The summed E-state index contributed by atoms with van der Waals surface area (Å²) in [4.78, 5) is 18.9. The van der Waals surface area contributed by atoms with Gasteiger partial charge in [-0.25, -0.2) is 0 Å². The van der Waals surface area contributed by atoms with Gasteiger partial charge in [-0.3, -0.25) is 14.9 Å². The van der Waals surface area contributed by atoms with Crippen LogP contribution in [0, 0.1) is 5.92 Å². The van der Waals surface area contributed by atoms with Crippen LogP contribution in [-0.4, -0.2) is 44.2 Å². The van der Waals surface area contributed by atoms with E-state index in [1.807, 2.05) is 35.2 Å². The molecule has 1 atom stereocenters. The van der Waals surface area contributed by atoms with Gasteiger partial charge in [-0.15, -0.1) is 0 Å². The van der Waals surface area contributed by atoms with E-state index in [1.54, 1.807) is 6.20 Å². The summed E-state index contributed by atoms with van der Waals surface area (Å²) >= 11 is 0. The van der Waals surface area contributed by atoms with Gasteiger partial charge in [0.05, 0.1) is 10.9 Å². The lowest BCUT2D eigenvalue weighted by molar-refractivity contribution is 0.0779. The third-order valence-corrected chi connectivity index (χ3v) is 4.97. The van der Waals surface area contributed by atoms with Gasteiger partial charge in [0, 0.05) is 31.0 Å². The summed E-state index contributed by atoms with van der Waals surface area (Å²) in [6.45, 7) is 3.69. The van der Waals surface area contributed by atoms with E-state index >= 15 is 0 Å². The van der Waals surface area contributed by atoms with Gasteiger partial charge in [-0.05, 0) is 36.6 Å². The lowest BCUT2D eigenvalue weighted by Crippen LogP contribution is -2.28. The maximum Gasteiger partial charge on any atom is 0.276 e. The van der Waals surface area contributed by atoms with Crippen molar-refractivity contribution in [1.29, 1.82) is 0 Å². The Morgan fingerprint density at radius 1 is 1.37 bits per heavy atom. The Hall–Kier alpha value is -3.42. The Morgan fingerprint density at radius 3 is 3.15 bits per heavy atom. The van der Waals surface area contributed by atoms with E-state index in [0.717, 1.165) is 41.6 Å². The molecule has 1 amide bonds. The normalized spacial score (nSPS) is 17.1. The molecule has 2 N–H and O–H groups in total. The number of likely N-dealkylation sites (tertiary alicyclic amines) is 1. The molecular weight excluding hydrogens is 344 g/mol. The fourth-order valence-corrected chi connectivity index (χ4v) is 3.52. The predicted octanol–water partition coefficient (Wildman–Crippen LogP) is 3.32. The fourth-order valence-electron chi connectivity index (χ4n) is 3.52. The molecule has 4 heterocycles. The number of hydrogen-bond acceptors (Lipinski definition) is 6. The maximum atomic E-state index is 12.7. The molecule has 0 bridgehead atoms. The fraction of sp³-hybridized carbons (Fsp3) is 0.263. The van der Waals surface area contributed by atoms with Crippen molar-refractivity contribution in [2.24, 2.45) is 5.92 Å². The molecule has 136 valence electrons. The van der Waals surface area contributed by atoms with Gasteiger partial charge in [0.25, 0.3) is 5.91 Å². The second kappa shape index (κ2) is 6.08. The summed E-state index contributed by atoms with van der Waals surface area (Å²) < 4.78 is 5.42. The summed E-state index contributed by atoms with van der Waals surface area (Å²) in [5.74, 6) is 1.09. The van der Waals surface area contributed by atoms with Crippen LogP contribution >= 0.6 is 0 Å². The molecule has 4 aromatic rings. The average Bonchev–Trinajstić information content (AvgIpc) is 3.40. The van der Waals surface area contributed by atoms with E-state index in [-0.39, 0.29) is 5.91 Å². The number of nitrogens with one attached hydrogen (secondary N) is 2. The zero-order chi connectivity index (χ0) is 18.4. The molecule has 1 fully saturated rings. The quantitative estimate of drug-likeness (QED) is 0.580. The molecule has 3 aromatic heterocycles. The standard InChI is InChI=1S/C19H18N6O2/c1-11-6-8-25(10-11)19(26)16-13-5-4-12(9-15(13)27-24-16)21-18-17-14(22-23-18)3-2-7-20-17/h2-5,7,9,11H,6,8,10H2,1H3,(H2,21,22,23)/t11-/m0/s1. The van der Waals surface area contributed by atoms with E-state index < -0.39 is 0 Å². The topological polar surface area (TPSA) is 99.9 Å². The van der Waals surface area contributed by atoms with Gasteiger partial charge < -0.3 is 14.7 Å². The van der Waals surface area contributed by atoms with Crippen LogP contribution in [0.5, 0.6) is 0 Å². The van der Waals surface area contributed by atoms with E-state index in [4.69, 9.17) is 4.52 Å². The molecule has 0 aliphatic carbocycles. The van der Waals surface area contributed by atoms with Gasteiger partial charge in [0.1, 0.15) is 5.52 Å². The van der Waals surface area contributed by atoms with Crippen LogP contribution in [0.3, 0.4) is 0 Å². The van der Waals surface area contributed by atoms with E-state index in [2.05, 4.69) is 32.6 Å². The number of hydrogen-bond donors (Lipinski definition) is 2. The summed E-state index contributed by atoms with van der Waals surface area (Å²) in [7, 11) is 0. The number of nitrogens with zero attached hydrogens (tertiary/aromatic N) is 4. The number of anilines is 2. The minimum atomic E-state index is -0.0682. The molecular formula is C19H18N6O2. The highest BCUT2D eigenvalue weighted by atomic mass is 16.5. The van der Waals surface area contributed by atoms with Crippen LogP contribution < -0.4 is 5.32 Å². The van der Waals surface area contributed by atoms with Gasteiger partial charge in [-0.1, -0.05) is 12.1 Å². The molecule has 1 saturated heterocycles. The SMILES string of the molecule is C[C@H]1CCN(C(=O)c2noc3cc(Nc4n[nH]c5cccnc45)ccc23)C1. The van der Waals surface area contributed by atoms with Crippen molar-refractivity contribution in [2.75, 3.05) is 18.4 Å². The Bertz CT molecular complexity index is 1150. The van der Waals surface area contributed by atoms with Crippen LogP contribution in [0.4, 0.5) is 11.5 Å². The number of pyridine rings is 1. The Morgan fingerprint density at radius 2 is 2.30 bits per heavy atom. The highest BCUT2D eigenvalue weighted by Crippen LogP contribution is 2.28. The van der Waals surface area contributed by atoms with Crippen LogP contribution in [0.1, 0.15) is 23.8 Å². The van der Waals surface area contributed by atoms with Crippen molar-refractivity contribution in [2.45, 2.75) is 13.3 Å². The largest absolute Gasteiger partial charge is 0.355 e. The van der Waals surface area contributed by atoms with Crippen molar-refractivity contribution in [1.82, 2.24) is 25.2 Å². The lowest BCUT2D eigenvalue weighted by atomic mass is 10.1. The first kappa shape index (κ1) is 15.8. The summed E-state index contributed by atoms with van der Waals surface area (Å²) in [6.07, 6.45) is 2.75. The predicted molar refractivity (Wildman–Crippen MR) is 101 cm³/mol. The van der Waals surface area contributed by atoms with Gasteiger partial charge >= 0.3 is 0 Å². The third kappa shape index (κ3) is 2.69. The van der Waals surface area contributed by atoms with Crippen LogP contribution in [0.15, 0.2) is 41.1 Å². The van der Waals surface area contributed by atoms with Crippen LogP contribution in [-0.2, 0) is 0 Å². The molecule has 0 saturated carbocycles. The number of amides is 1. The zero-order valence-corrected chi connectivity index (χ0v) is 14.8. The molecule has 27 heavy (non-hydrogen) atoms. The second-order valence-corrected chi connectivity index (χ2v) is 6.98. The number of H-pyrrole nitrogens is 1. The molecule has 0 radical (unpaired) electrons. The molecule has 8 nitrogen and oxygen atoms in total. The first-order valence-electron chi connectivity index (χ1n) is 8.94. The minimum absolute atomic E-state index is 0.0682. The zero-order valence-electron chi connectivity index (χ0n) is 14.8. The highest BCUT2D eigenvalue weighted by Gasteiger charge is 2.27. The van der Waals surface area contributed by atoms with Crippen molar-refractivity contribution in [3.63, 3.8) is 0 Å². The van der Waals surface area contributed by atoms with Crippen LogP contribution in [0.25, 0.3) is 22.0 Å². The van der Waals surface area contributed by atoms with Crippen molar-refractivity contribution in [3.8, 4) is 0 Å². The lowest BCUT2D eigenvalue weighted by Gasteiger charge is -2.13. The molecule has 5 rings (SSSR count). The Kier molecular flexibility index (Phi) is 3.56. The molecule has 1 aromatic carbocycles. The van der Waals surface area contributed by atoms with Crippen molar-refractivity contribution < 1.29 is 9.32 Å². The third-order valence-electron chi connectivity index (χ3n) is 4.97. The summed E-state index contributed by atoms with van der Waals surface area (Å²) in [5.41, 5.74) is 3.33. The van der Waals surface area contributed by atoms with E-state index in [9.17, 15) is 4.79 Å². The number of carbonyl (C=O) groups excluding carboxylic acids is 1. The van der Waals surface area contributed by atoms with Gasteiger partial charge in [-0.2, -0.15) is 5.10 Å². The molecule has 0 unspecified atom stereocenters. The molecule has 8 heteroatoms. The maximum absolute atomic E-state index is 12.7. The van der Waals surface area contributed by atoms with E-state index in [0.29, 0.717) is 23.0 Å². The second-order valence-electron chi connectivity index (χ2n) is 6.98. The first-order valence-corrected chi connectivity index (χ1v) is 8.94. The average molecular weight is 362 g/mol.